The molecule has 7 heteroatoms. The van der Waals surface area contributed by atoms with Crippen LogP contribution in [-0.4, -0.2) is 11.5 Å². The van der Waals surface area contributed by atoms with Crippen LogP contribution >= 0.6 is 11.6 Å². The Bertz CT molecular complexity index is 454. The van der Waals surface area contributed by atoms with Gasteiger partial charge in [0.25, 0.3) is 5.24 Å². The van der Waals surface area contributed by atoms with Crippen LogP contribution in [0.4, 0.5) is 17.6 Å². The highest BCUT2D eigenvalue weighted by Gasteiger charge is 2.36. The average Bonchev–Trinajstić information content (AvgIpc) is 2.14. The van der Waals surface area contributed by atoms with E-state index in [0.29, 0.717) is 6.07 Å². The monoisotopic (exact) mass is 254 g/mol. The first-order valence-electron chi connectivity index (χ1n) is 3.83. The molecule has 0 fully saturated rings. The Labute approximate surface area is 91.8 Å². The number of hydrogen-bond donors (Lipinski definition) is 0. The van der Waals surface area contributed by atoms with E-state index in [1.165, 1.54) is 0 Å². The summed E-state index contributed by atoms with van der Waals surface area (Å²) >= 11 is 4.93. The van der Waals surface area contributed by atoms with Gasteiger partial charge in [0, 0.05) is 5.56 Å². The molecule has 0 saturated carbocycles. The lowest BCUT2D eigenvalue weighted by Gasteiger charge is -2.11. The second-order valence-corrected chi connectivity index (χ2v) is 3.15. The zero-order valence-electron chi connectivity index (χ0n) is 7.44. The fourth-order valence-electron chi connectivity index (χ4n) is 1.16. The van der Waals surface area contributed by atoms with Gasteiger partial charge in [0.2, 0.25) is 0 Å². The number of benzene rings is 1. The zero-order chi connectivity index (χ0) is 12.5. The summed E-state index contributed by atoms with van der Waals surface area (Å²) in [6, 6.07) is 0.625. The molecule has 0 atom stereocenters. The van der Waals surface area contributed by atoms with Gasteiger partial charge in [-0.25, -0.2) is 4.39 Å². The first-order chi connectivity index (χ1) is 7.27. The molecule has 0 aromatic heterocycles. The Morgan fingerprint density at radius 3 is 2.25 bits per heavy atom. The summed E-state index contributed by atoms with van der Waals surface area (Å²) in [5.74, 6) is -1.27. The second-order valence-electron chi connectivity index (χ2n) is 2.81. The fourth-order valence-corrected chi connectivity index (χ4v) is 1.37. The van der Waals surface area contributed by atoms with Crippen LogP contribution in [0.25, 0.3) is 0 Å². The predicted molar refractivity (Wildman–Crippen MR) is 47.0 cm³/mol. The van der Waals surface area contributed by atoms with Crippen molar-refractivity contribution >= 4 is 23.1 Å². The van der Waals surface area contributed by atoms with Crippen LogP contribution in [0.1, 0.15) is 26.3 Å². The molecule has 1 aromatic carbocycles. The minimum atomic E-state index is -4.96. The van der Waals surface area contributed by atoms with E-state index in [1.807, 2.05) is 0 Å². The summed E-state index contributed by atoms with van der Waals surface area (Å²) in [6.07, 6.45) is -5.02. The number of halogens is 5. The van der Waals surface area contributed by atoms with Crippen LogP contribution in [0, 0.1) is 5.82 Å². The van der Waals surface area contributed by atoms with Crippen LogP contribution in [0.5, 0.6) is 0 Å². The highest BCUT2D eigenvalue weighted by atomic mass is 35.5. The largest absolute Gasteiger partial charge is 0.417 e. The maximum Gasteiger partial charge on any atom is 0.417 e. The standard InChI is InChI=1S/C9H3ClF4O2/c10-8(16)7-4(3-15)1-5(11)2-6(7)9(12,13)14/h1-3H. The summed E-state index contributed by atoms with van der Waals surface area (Å²) in [7, 11) is 0. The van der Waals surface area contributed by atoms with Gasteiger partial charge >= 0.3 is 6.18 Å². The van der Waals surface area contributed by atoms with Crippen LogP contribution in [0.2, 0.25) is 0 Å². The molecule has 1 rings (SSSR count). The molecule has 0 radical (unpaired) electrons. The van der Waals surface area contributed by atoms with Gasteiger partial charge in [-0.3, -0.25) is 9.59 Å². The normalized spacial score (nSPS) is 11.3. The summed E-state index contributed by atoms with van der Waals surface area (Å²) < 4.78 is 50.0. The third-order valence-corrected chi connectivity index (χ3v) is 1.95. The van der Waals surface area contributed by atoms with Gasteiger partial charge in [-0.1, -0.05) is 0 Å². The van der Waals surface area contributed by atoms with Crippen molar-refractivity contribution in [3.05, 3.63) is 34.6 Å². The molecular formula is C9H3ClF4O2. The Morgan fingerprint density at radius 1 is 1.31 bits per heavy atom. The van der Waals surface area contributed by atoms with Crippen molar-refractivity contribution in [1.29, 1.82) is 0 Å². The van der Waals surface area contributed by atoms with Gasteiger partial charge in [-0.2, -0.15) is 13.2 Å². The van der Waals surface area contributed by atoms with Crippen molar-refractivity contribution in [3.63, 3.8) is 0 Å². The van der Waals surface area contributed by atoms with Crippen molar-refractivity contribution in [2.24, 2.45) is 0 Å². The molecule has 0 unspecified atom stereocenters. The topological polar surface area (TPSA) is 34.1 Å². The smallest absolute Gasteiger partial charge is 0.298 e. The van der Waals surface area contributed by atoms with Gasteiger partial charge in [0.1, 0.15) is 5.82 Å². The van der Waals surface area contributed by atoms with E-state index in [0.717, 1.165) is 0 Å². The molecule has 0 bridgehead atoms. The summed E-state index contributed by atoms with van der Waals surface area (Å²) in [6.45, 7) is 0. The first kappa shape index (κ1) is 12.6. The average molecular weight is 255 g/mol. The van der Waals surface area contributed by atoms with Crippen LogP contribution in [0.3, 0.4) is 0 Å². The van der Waals surface area contributed by atoms with Crippen molar-refractivity contribution in [2.75, 3.05) is 0 Å². The van der Waals surface area contributed by atoms with Gasteiger partial charge in [-0.05, 0) is 23.7 Å². The first-order valence-corrected chi connectivity index (χ1v) is 4.21. The van der Waals surface area contributed by atoms with Crippen LogP contribution in [0.15, 0.2) is 12.1 Å². The maximum atomic E-state index is 12.8. The molecular weight excluding hydrogens is 252 g/mol. The molecule has 1 aromatic rings. The van der Waals surface area contributed by atoms with Crippen molar-refractivity contribution < 1.29 is 27.2 Å². The number of hydrogen-bond acceptors (Lipinski definition) is 2. The van der Waals surface area contributed by atoms with E-state index in [-0.39, 0.29) is 12.4 Å². The van der Waals surface area contributed by atoms with E-state index in [9.17, 15) is 27.2 Å². The molecule has 86 valence electrons. The minimum Gasteiger partial charge on any atom is -0.298 e. The lowest BCUT2D eigenvalue weighted by atomic mass is 10.0. The minimum absolute atomic E-state index is 0.0616. The van der Waals surface area contributed by atoms with E-state index in [2.05, 4.69) is 0 Å². The van der Waals surface area contributed by atoms with Crippen molar-refractivity contribution in [2.45, 2.75) is 6.18 Å². The van der Waals surface area contributed by atoms with Crippen molar-refractivity contribution in [3.8, 4) is 0 Å². The molecule has 0 saturated heterocycles. The van der Waals surface area contributed by atoms with Gasteiger partial charge in [0.05, 0.1) is 11.1 Å². The van der Waals surface area contributed by atoms with Gasteiger partial charge in [0.15, 0.2) is 6.29 Å². The van der Waals surface area contributed by atoms with Crippen LogP contribution < -0.4 is 0 Å². The number of alkyl halides is 3. The second kappa shape index (κ2) is 4.21. The molecule has 0 amide bonds. The summed E-state index contributed by atoms with van der Waals surface area (Å²) in [4.78, 5) is 21.2. The molecule has 0 spiro atoms. The Balaban J connectivity index is 3.64. The maximum absolute atomic E-state index is 12.8. The quantitative estimate of drug-likeness (QED) is 0.462. The summed E-state index contributed by atoms with van der Waals surface area (Å²) in [5.41, 5.74) is -3.33. The van der Waals surface area contributed by atoms with E-state index >= 15 is 0 Å². The van der Waals surface area contributed by atoms with E-state index in [4.69, 9.17) is 11.6 Å². The van der Waals surface area contributed by atoms with E-state index in [1.54, 1.807) is 0 Å². The lowest BCUT2D eigenvalue weighted by molar-refractivity contribution is -0.138. The van der Waals surface area contributed by atoms with Crippen LogP contribution in [-0.2, 0) is 6.18 Å². The number of carbonyl (C=O) groups is 2. The van der Waals surface area contributed by atoms with Gasteiger partial charge < -0.3 is 0 Å². The fraction of sp³-hybridized carbons (Fsp3) is 0.111. The SMILES string of the molecule is O=Cc1cc(F)cc(C(F)(F)F)c1C(=O)Cl. The molecule has 0 aliphatic heterocycles. The highest BCUT2D eigenvalue weighted by Crippen LogP contribution is 2.34. The Kier molecular flexibility index (Phi) is 3.32. The third kappa shape index (κ3) is 2.38. The number of carbonyl (C=O) groups excluding carboxylic acids is 2. The van der Waals surface area contributed by atoms with Crippen molar-refractivity contribution in [1.82, 2.24) is 0 Å². The highest BCUT2D eigenvalue weighted by molar-refractivity contribution is 6.68. The molecule has 0 N–H and O–H groups in total. The third-order valence-electron chi connectivity index (χ3n) is 1.76. The molecule has 2 nitrogen and oxygen atoms in total. The Hall–Kier alpha value is -1.43. The molecule has 16 heavy (non-hydrogen) atoms. The Morgan fingerprint density at radius 2 is 1.88 bits per heavy atom. The van der Waals surface area contributed by atoms with Gasteiger partial charge in [-0.15, -0.1) is 0 Å². The number of aldehydes is 1. The number of rotatable bonds is 2. The zero-order valence-corrected chi connectivity index (χ0v) is 8.19. The lowest BCUT2D eigenvalue weighted by Crippen LogP contribution is -2.14. The molecule has 0 heterocycles. The molecule has 0 aliphatic carbocycles. The summed E-state index contributed by atoms with van der Waals surface area (Å²) in [5, 5.41) is -1.46. The predicted octanol–water partition coefficient (Wildman–Crippen LogP) is 3.04. The van der Waals surface area contributed by atoms with E-state index < -0.39 is 33.9 Å². The molecule has 0 aliphatic rings.